The van der Waals surface area contributed by atoms with Crippen molar-refractivity contribution >= 4 is 11.9 Å². The number of hydrogen-bond acceptors (Lipinski definition) is 5. The third kappa shape index (κ3) is 5.69. The highest BCUT2D eigenvalue weighted by atomic mass is 16.5. The number of esters is 1. The largest absolute Gasteiger partial charge is 0.466 e. The van der Waals surface area contributed by atoms with E-state index in [2.05, 4.69) is 22.5 Å². The summed E-state index contributed by atoms with van der Waals surface area (Å²) in [6.45, 7) is 9.11. The molecule has 7 heteroatoms. The van der Waals surface area contributed by atoms with Gasteiger partial charge in [-0.15, -0.1) is 0 Å². The molecule has 2 heterocycles. The summed E-state index contributed by atoms with van der Waals surface area (Å²) < 4.78 is 7.12. The molecule has 0 saturated carbocycles. The van der Waals surface area contributed by atoms with Crippen LogP contribution in [0.25, 0.3) is 0 Å². The Labute approximate surface area is 178 Å². The number of ether oxygens (including phenoxy) is 1. The van der Waals surface area contributed by atoms with Crippen LogP contribution in [0.3, 0.4) is 0 Å². The molecule has 0 spiro atoms. The number of likely N-dealkylation sites (tertiary alicyclic amines) is 1. The van der Waals surface area contributed by atoms with Crippen molar-refractivity contribution in [2.75, 3.05) is 26.2 Å². The number of aromatic nitrogens is 2. The Morgan fingerprint density at radius 3 is 2.73 bits per heavy atom. The van der Waals surface area contributed by atoms with Gasteiger partial charge in [0.05, 0.1) is 31.3 Å². The Kier molecular flexibility index (Phi) is 7.63. The van der Waals surface area contributed by atoms with Gasteiger partial charge in [-0.3, -0.25) is 19.2 Å². The molecule has 3 rings (SSSR count). The molecule has 1 amide bonds. The Balaban J connectivity index is 1.53. The molecule has 1 atom stereocenters. The fourth-order valence-corrected chi connectivity index (χ4v) is 4.00. The van der Waals surface area contributed by atoms with E-state index in [-0.39, 0.29) is 17.8 Å². The third-order valence-corrected chi connectivity index (χ3v) is 5.66. The van der Waals surface area contributed by atoms with E-state index in [1.54, 1.807) is 0 Å². The molecular weight excluding hydrogens is 380 g/mol. The highest BCUT2D eigenvalue weighted by Crippen LogP contribution is 2.18. The average Bonchev–Trinajstić information content (AvgIpc) is 3.00. The lowest BCUT2D eigenvalue weighted by atomic mass is 9.98. The van der Waals surface area contributed by atoms with Crippen LogP contribution in [0.4, 0.5) is 0 Å². The van der Waals surface area contributed by atoms with Crippen molar-refractivity contribution < 1.29 is 14.3 Å². The van der Waals surface area contributed by atoms with Crippen LogP contribution in [0.5, 0.6) is 0 Å². The number of hydrogen-bond donors (Lipinski definition) is 1. The van der Waals surface area contributed by atoms with E-state index in [0.29, 0.717) is 32.8 Å². The van der Waals surface area contributed by atoms with E-state index in [9.17, 15) is 9.59 Å². The fraction of sp³-hybridized carbons (Fsp3) is 0.522. The lowest BCUT2D eigenvalue weighted by Crippen LogP contribution is -2.44. The summed E-state index contributed by atoms with van der Waals surface area (Å²) in [6, 6.07) is 10.2. The van der Waals surface area contributed by atoms with Crippen LogP contribution in [0, 0.1) is 19.8 Å². The van der Waals surface area contributed by atoms with Crippen molar-refractivity contribution in [3.63, 3.8) is 0 Å². The number of nitrogens with zero attached hydrogens (tertiary/aromatic N) is 3. The second-order valence-corrected chi connectivity index (χ2v) is 7.90. The second kappa shape index (κ2) is 10.4. The molecule has 1 aromatic carbocycles. The smallest absolute Gasteiger partial charge is 0.310 e. The zero-order valence-corrected chi connectivity index (χ0v) is 18.2. The summed E-state index contributed by atoms with van der Waals surface area (Å²) >= 11 is 0. The van der Waals surface area contributed by atoms with Gasteiger partial charge < -0.3 is 10.1 Å². The Hall–Kier alpha value is -2.67. The van der Waals surface area contributed by atoms with Gasteiger partial charge in [0.2, 0.25) is 5.91 Å². The number of benzene rings is 1. The van der Waals surface area contributed by atoms with Crippen molar-refractivity contribution in [2.24, 2.45) is 5.92 Å². The number of carbonyl (C=O) groups excluding carboxylic acids is 2. The first-order valence-corrected chi connectivity index (χ1v) is 10.7. The van der Waals surface area contributed by atoms with Crippen LogP contribution in [-0.2, 0) is 27.4 Å². The highest BCUT2D eigenvalue weighted by Gasteiger charge is 2.27. The Bertz CT molecular complexity index is 863. The summed E-state index contributed by atoms with van der Waals surface area (Å²) in [4.78, 5) is 26.5. The average molecular weight is 413 g/mol. The third-order valence-electron chi connectivity index (χ3n) is 5.66. The van der Waals surface area contributed by atoms with Crippen molar-refractivity contribution in [2.45, 2.75) is 46.7 Å². The van der Waals surface area contributed by atoms with Crippen LogP contribution in [0.1, 0.15) is 42.3 Å². The van der Waals surface area contributed by atoms with Crippen molar-refractivity contribution in [3.05, 3.63) is 52.8 Å². The predicted octanol–water partition coefficient (Wildman–Crippen LogP) is 2.44. The molecule has 162 valence electrons. The van der Waals surface area contributed by atoms with E-state index in [1.807, 2.05) is 48.6 Å². The first-order valence-electron chi connectivity index (χ1n) is 10.7. The molecule has 1 unspecified atom stereocenters. The highest BCUT2D eigenvalue weighted by molar-refractivity contribution is 5.78. The number of carbonyl (C=O) groups is 2. The molecule has 1 N–H and O–H groups in total. The number of piperidine rings is 1. The Morgan fingerprint density at radius 1 is 1.23 bits per heavy atom. The molecule has 0 radical (unpaired) electrons. The quantitative estimate of drug-likeness (QED) is 0.674. The van der Waals surface area contributed by atoms with Gasteiger partial charge in [-0.1, -0.05) is 30.3 Å². The van der Waals surface area contributed by atoms with Crippen molar-refractivity contribution in [1.82, 2.24) is 20.0 Å². The van der Waals surface area contributed by atoms with Gasteiger partial charge in [-0.2, -0.15) is 5.10 Å². The summed E-state index contributed by atoms with van der Waals surface area (Å²) in [5.74, 6) is -0.319. The van der Waals surface area contributed by atoms with Gasteiger partial charge in [-0.25, -0.2) is 0 Å². The van der Waals surface area contributed by atoms with Crippen molar-refractivity contribution in [1.29, 1.82) is 0 Å². The summed E-state index contributed by atoms with van der Waals surface area (Å²) in [7, 11) is 0. The number of rotatable bonds is 8. The Morgan fingerprint density at radius 2 is 2.00 bits per heavy atom. The van der Waals surface area contributed by atoms with Crippen LogP contribution < -0.4 is 5.32 Å². The zero-order chi connectivity index (χ0) is 21.5. The maximum atomic E-state index is 12.5. The van der Waals surface area contributed by atoms with Crippen LogP contribution >= 0.6 is 0 Å². The minimum atomic E-state index is -0.153. The molecule has 1 aromatic heterocycles. The molecule has 1 aliphatic heterocycles. The lowest BCUT2D eigenvalue weighted by Gasteiger charge is -2.30. The maximum Gasteiger partial charge on any atom is 0.310 e. The predicted molar refractivity (Wildman–Crippen MR) is 115 cm³/mol. The van der Waals surface area contributed by atoms with Gasteiger partial charge >= 0.3 is 5.97 Å². The monoisotopic (exact) mass is 412 g/mol. The van der Waals surface area contributed by atoms with Crippen LogP contribution in [-0.4, -0.2) is 52.8 Å². The molecular formula is C23H32N4O3. The molecule has 0 aliphatic carbocycles. The molecule has 7 nitrogen and oxygen atoms in total. The molecule has 1 fully saturated rings. The molecule has 1 aliphatic rings. The first kappa shape index (κ1) is 22.0. The normalized spacial score (nSPS) is 17.0. The van der Waals surface area contributed by atoms with Crippen molar-refractivity contribution in [3.8, 4) is 0 Å². The number of nitrogens with one attached hydrogen (secondary N) is 1. The van der Waals surface area contributed by atoms with E-state index < -0.39 is 0 Å². The maximum absolute atomic E-state index is 12.5. The van der Waals surface area contributed by atoms with E-state index in [1.165, 1.54) is 5.56 Å². The van der Waals surface area contributed by atoms with Gasteiger partial charge in [0, 0.05) is 24.3 Å². The topological polar surface area (TPSA) is 76.5 Å². The van der Waals surface area contributed by atoms with Crippen LogP contribution in [0.15, 0.2) is 30.3 Å². The van der Waals surface area contributed by atoms with Crippen LogP contribution in [0.2, 0.25) is 0 Å². The molecule has 2 aromatic rings. The molecule has 30 heavy (non-hydrogen) atoms. The molecule has 0 bridgehead atoms. The minimum absolute atomic E-state index is 0.0332. The van der Waals surface area contributed by atoms with E-state index in [0.717, 1.165) is 36.3 Å². The minimum Gasteiger partial charge on any atom is -0.466 e. The lowest BCUT2D eigenvalue weighted by molar-refractivity contribution is -0.150. The number of aryl methyl sites for hydroxylation is 1. The molecule has 1 saturated heterocycles. The van der Waals surface area contributed by atoms with E-state index >= 15 is 0 Å². The fourth-order valence-electron chi connectivity index (χ4n) is 4.00. The summed E-state index contributed by atoms with van der Waals surface area (Å²) in [6.07, 6.45) is 1.73. The summed E-state index contributed by atoms with van der Waals surface area (Å²) in [5.41, 5.74) is 4.25. The van der Waals surface area contributed by atoms with E-state index in [4.69, 9.17) is 4.74 Å². The standard InChI is InChI=1S/C23H32N4O3/c1-4-30-23(29)20-11-8-12-26(15-20)16-22(28)24-13-21-17(2)25-27(18(21)3)14-19-9-6-5-7-10-19/h5-7,9-10,20H,4,8,11-16H2,1-3H3,(H,24,28). The van der Waals surface area contributed by atoms with Gasteiger partial charge in [-0.05, 0) is 45.7 Å². The number of amides is 1. The van der Waals surface area contributed by atoms with Gasteiger partial charge in [0.25, 0.3) is 0 Å². The van der Waals surface area contributed by atoms with Gasteiger partial charge in [0.15, 0.2) is 0 Å². The zero-order valence-electron chi connectivity index (χ0n) is 18.2. The second-order valence-electron chi connectivity index (χ2n) is 7.90. The first-order chi connectivity index (χ1) is 14.5. The SMILES string of the molecule is CCOC(=O)C1CCCN(CC(=O)NCc2c(C)nn(Cc3ccccc3)c2C)C1. The van der Waals surface area contributed by atoms with Gasteiger partial charge in [0.1, 0.15) is 0 Å². The summed E-state index contributed by atoms with van der Waals surface area (Å²) in [5, 5.41) is 7.67.